The summed E-state index contributed by atoms with van der Waals surface area (Å²) >= 11 is 6.24. The highest BCUT2D eigenvalue weighted by atomic mass is 35.5. The number of ether oxygens (including phenoxy) is 2. The molecule has 2 aromatic carbocycles. The van der Waals surface area contributed by atoms with Crippen LogP contribution in [0.1, 0.15) is 23.6 Å². The molecule has 0 radical (unpaired) electrons. The highest BCUT2D eigenvalue weighted by Gasteiger charge is 2.30. The molecule has 1 saturated heterocycles. The van der Waals surface area contributed by atoms with Crippen molar-refractivity contribution in [3.63, 3.8) is 0 Å². The molecule has 2 unspecified atom stereocenters. The molecule has 3 N–H and O–H groups in total. The number of methoxy groups -OCH3 is 2. The van der Waals surface area contributed by atoms with Gasteiger partial charge in [-0.3, -0.25) is 4.79 Å². The van der Waals surface area contributed by atoms with Crippen LogP contribution in [0, 0.1) is 0 Å². The molecule has 1 aliphatic heterocycles. The number of rotatable bonds is 6. The Balaban J connectivity index is 1.60. The molecule has 7 heteroatoms. The quantitative estimate of drug-likeness (QED) is 0.724. The highest BCUT2D eigenvalue weighted by molar-refractivity contribution is 6.31. The van der Waals surface area contributed by atoms with Crippen molar-refractivity contribution in [2.24, 2.45) is 0 Å². The van der Waals surface area contributed by atoms with E-state index in [2.05, 4.69) is 16.2 Å². The Labute approximate surface area is 157 Å². The minimum Gasteiger partial charge on any atom is -0.497 e. The van der Waals surface area contributed by atoms with Crippen LogP contribution in [0.25, 0.3) is 0 Å². The summed E-state index contributed by atoms with van der Waals surface area (Å²) in [5, 5.41) is 3.63. The average Bonchev–Trinajstić information content (AvgIpc) is 3.16. The lowest BCUT2D eigenvalue weighted by Crippen LogP contribution is -2.42. The minimum absolute atomic E-state index is 0.00851. The molecule has 1 aliphatic rings. The number of hydrazine groups is 1. The van der Waals surface area contributed by atoms with Crippen LogP contribution < -0.4 is 25.6 Å². The molecule has 1 fully saturated rings. The number of nitrogens with one attached hydrogen (secondary N) is 3. The fourth-order valence-electron chi connectivity index (χ4n) is 3.02. The maximum absolute atomic E-state index is 12.5. The molecule has 26 heavy (non-hydrogen) atoms. The summed E-state index contributed by atoms with van der Waals surface area (Å²) in [6.45, 7) is 0.355. The normalized spacial score (nSPS) is 19.2. The number of halogens is 1. The molecule has 1 amide bonds. The first-order valence-electron chi connectivity index (χ1n) is 8.36. The molecular formula is C19H22ClN3O3. The van der Waals surface area contributed by atoms with Gasteiger partial charge < -0.3 is 14.8 Å². The predicted octanol–water partition coefficient (Wildman–Crippen LogP) is 2.58. The summed E-state index contributed by atoms with van der Waals surface area (Å²) in [7, 11) is 3.21. The van der Waals surface area contributed by atoms with E-state index in [4.69, 9.17) is 21.1 Å². The summed E-state index contributed by atoms with van der Waals surface area (Å²) in [6, 6.07) is 12.8. The van der Waals surface area contributed by atoms with Crippen LogP contribution in [0.4, 0.5) is 0 Å². The Bertz CT molecular complexity index is 784. The molecule has 2 atom stereocenters. The van der Waals surface area contributed by atoms with Gasteiger partial charge in [0.2, 0.25) is 5.91 Å². The molecule has 0 spiro atoms. The molecule has 0 bridgehead atoms. The zero-order valence-corrected chi connectivity index (χ0v) is 15.5. The van der Waals surface area contributed by atoms with E-state index in [1.54, 1.807) is 14.2 Å². The van der Waals surface area contributed by atoms with Gasteiger partial charge in [-0.05, 0) is 36.2 Å². The second kappa shape index (κ2) is 8.40. The van der Waals surface area contributed by atoms with Gasteiger partial charge in [0.05, 0.1) is 14.2 Å². The van der Waals surface area contributed by atoms with Crippen molar-refractivity contribution in [3.05, 3.63) is 58.6 Å². The van der Waals surface area contributed by atoms with Crippen molar-refractivity contribution in [1.29, 1.82) is 0 Å². The first kappa shape index (κ1) is 18.5. The Morgan fingerprint density at radius 3 is 2.73 bits per heavy atom. The number of hydrogen-bond donors (Lipinski definition) is 3. The number of amides is 1. The number of benzene rings is 2. The van der Waals surface area contributed by atoms with Crippen molar-refractivity contribution < 1.29 is 14.3 Å². The summed E-state index contributed by atoms with van der Waals surface area (Å²) in [6.07, 6.45) is 0.616. The minimum atomic E-state index is -0.340. The average molecular weight is 376 g/mol. The summed E-state index contributed by atoms with van der Waals surface area (Å²) < 4.78 is 10.6. The third kappa shape index (κ3) is 4.09. The third-order valence-corrected chi connectivity index (χ3v) is 4.79. The predicted molar refractivity (Wildman–Crippen MR) is 100 cm³/mol. The lowest BCUT2D eigenvalue weighted by atomic mass is 10.0. The zero-order chi connectivity index (χ0) is 18.5. The van der Waals surface area contributed by atoms with Gasteiger partial charge in [-0.2, -0.15) is 0 Å². The molecule has 6 nitrogen and oxygen atoms in total. The highest BCUT2D eigenvalue weighted by Crippen LogP contribution is 2.28. The zero-order valence-electron chi connectivity index (χ0n) is 14.7. The van der Waals surface area contributed by atoms with Gasteiger partial charge in [0.15, 0.2) is 0 Å². The molecule has 0 saturated carbocycles. The van der Waals surface area contributed by atoms with Crippen LogP contribution in [0.5, 0.6) is 11.5 Å². The van der Waals surface area contributed by atoms with E-state index in [9.17, 15) is 4.79 Å². The first-order valence-corrected chi connectivity index (χ1v) is 8.74. The van der Waals surface area contributed by atoms with E-state index in [-0.39, 0.29) is 18.0 Å². The van der Waals surface area contributed by atoms with E-state index < -0.39 is 0 Å². The van der Waals surface area contributed by atoms with Gasteiger partial charge in [-0.1, -0.05) is 29.8 Å². The van der Waals surface area contributed by atoms with Crippen molar-refractivity contribution in [1.82, 2.24) is 16.2 Å². The largest absolute Gasteiger partial charge is 0.497 e. The van der Waals surface area contributed by atoms with Crippen LogP contribution in [0.15, 0.2) is 42.5 Å². The lowest BCUT2D eigenvalue weighted by molar-refractivity contribution is -0.123. The van der Waals surface area contributed by atoms with Crippen LogP contribution in [-0.2, 0) is 11.3 Å². The lowest BCUT2D eigenvalue weighted by Gasteiger charge is -2.14. The molecule has 138 valence electrons. The fourth-order valence-corrected chi connectivity index (χ4v) is 3.28. The number of carbonyl (C=O) groups excluding carboxylic acids is 1. The Kier molecular flexibility index (Phi) is 5.98. The number of carbonyl (C=O) groups is 1. The maximum Gasteiger partial charge on any atom is 0.238 e. The van der Waals surface area contributed by atoms with Crippen molar-refractivity contribution in [3.8, 4) is 11.5 Å². The SMILES string of the molecule is COc1ccc(OC)c(CNC(=O)C2CC(c3ccccc3Cl)NN2)c1. The molecule has 0 aliphatic carbocycles. The van der Waals surface area contributed by atoms with Gasteiger partial charge in [-0.25, -0.2) is 10.9 Å². The standard InChI is InChI=1S/C19H22ClN3O3/c1-25-13-7-8-18(26-2)12(9-13)11-21-19(24)17-10-16(22-23-17)14-5-3-4-6-15(14)20/h3-9,16-17,22-23H,10-11H2,1-2H3,(H,21,24). The smallest absolute Gasteiger partial charge is 0.238 e. The molecule has 3 rings (SSSR count). The van der Waals surface area contributed by atoms with Gasteiger partial charge in [0.25, 0.3) is 0 Å². The fraction of sp³-hybridized carbons (Fsp3) is 0.316. The number of hydrogen-bond acceptors (Lipinski definition) is 5. The van der Waals surface area contributed by atoms with E-state index in [0.29, 0.717) is 23.7 Å². The Morgan fingerprint density at radius 1 is 1.19 bits per heavy atom. The molecular weight excluding hydrogens is 354 g/mol. The van der Waals surface area contributed by atoms with Crippen LogP contribution in [0.2, 0.25) is 5.02 Å². The van der Waals surface area contributed by atoms with Gasteiger partial charge in [-0.15, -0.1) is 0 Å². The topological polar surface area (TPSA) is 71.6 Å². The molecule has 1 heterocycles. The van der Waals surface area contributed by atoms with E-state index >= 15 is 0 Å². The molecule has 0 aromatic heterocycles. The third-order valence-electron chi connectivity index (χ3n) is 4.44. The molecule has 2 aromatic rings. The van der Waals surface area contributed by atoms with Gasteiger partial charge >= 0.3 is 0 Å². The van der Waals surface area contributed by atoms with Crippen molar-refractivity contribution in [2.45, 2.75) is 25.0 Å². The van der Waals surface area contributed by atoms with E-state index in [0.717, 1.165) is 16.9 Å². The maximum atomic E-state index is 12.5. The van der Waals surface area contributed by atoms with Crippen LogP contribution in [0.3, 0.4) is 0 Å². The van der Waals surface area contributed by atoms with E-state index in [1.807, 2.05) is 42.5 Å². The second-order valence-electron chi connectivity index (χ2n) is 6.05. The summed E-state index contributed by atoms with van der Waals surface area (Å²) in [5.74, 6) is 1.34. The van der Waals surface area contributed by atoms with Gasteiger partial charge in [0, 0.05) is 23.2 Å². The Hall–Kier alpha value is -2.28. The second-order valence-corrected chi connectivity index (χ2v) is 6.45. The van der Waals surface area contributed by atoms with Crippen LogP contribution >= 0.6 is 11.6 Å². The monoisotopic (exact) mass is 375 g/mol. The Morgan fingerprint density at radius 2 is 2.00 bits per heavy atom. The van der Waals surface area contributed by atoms with Crippen LogP contribution in [-0.4, -0.2) is 26.2 Å². The summed E-state index contributed by atoms with van der Waals surface area (Å²) in [5.41, 5.74) is 8.02. The van der Waals surface area contributed by atoms with Crippen molar-refractivity contribution >= 4 is 17.5 Å². The summed E-state index contributed by atoms with van der Waals surface area (Å²) in [4.78, 5) is 12.5. The van der Waals surface area contributed by atoms with E-state index in [1.165, 1.54) is 0 Å². The van der Waals surface area contributed by atoms with Crippen molar-refractivity contribution in [2.75, 3.05) is 14.2 Å². The first-order chi connectivity index (χ1) is 12.6. The van der Waals surface area contributed by atoms with Gasteiger partial charge in [0.1, 0.15) is 17.5 Å².